The Kier molecular flexibility index (Phi) is 1.31. The average molecular weight is 150 g/mol. The van der Waals surface area contributed by atoms with Crippen LogP contribution in [0.2, 0.25) is 0 Å². The van der Waals surface area contributed by atoms with Crippen LogP contribution in [-0.4, -0.2) is 15.6 Å². The molecule has 3 heteroatoms. The van der Waals surface area contributed by atoms with Crippen molar-refractivity contribution in [1.29, 1.82) is 0 Å². The molecule has 0 N–H and O–H groups in total. The predicted octanol–water partition coefficient (Wildman–Crippen LogP) is 0.478. The van der Waals surface area contributed by atoms with E-state index in [0.29, 0.717) is 18.6 Å². The van der Waals surface area contributed by atoms with E-state index >= 15 is 0 Å². The Balaban J connectivity index is 2.41. The van der Waals surface area contributed by atoms with E-state index in [2.05, 4.69) is 5.10 Å². The molecule has 58 valence electrons. The molecule has 2 rings (SSSR count). The Bertz CT molecular complexity index is 301. The lowest BCUT2D eigenvalue weighted by Crippen LogP contribution is -2.11. The number of hydrogen-bond donors (Lipinski definition) is 0. The molecule has 1 aliphatic rings. The standard InChI is InChI=1S/C8H10N2O/c1-10-5-6-4-7(11)2-3-8(6)9-10/h5H,2-4H2,1H3. The van der Waals surface area contributed by atoms with Crippen molar-refractivity contribution in [2.45, 2.75) is 19.3 Å². The SMILES string of the molecule is Cn1cc2c(n1)CCC(=O)C2. The highest BCUT2D eigenvalue weighted by Crippen LogP contribution is 2.16. The van der Waals surface area contributed by atoms with E-state index in [4.69, 9.17) is 0 Å². The molecule has 0 fully saturated rings. The van der Waals surface area contributed by atoms with Gasteiger partial charge in [0.05, 0.1) is 5.69 Å². The fourth-order valence-electron chi connectivity index (χ4n) is 1.50. The molecular weight excluding hydrogens is 140 g/mol. The van der Waals surface area contributed by atoms with Crippen LogP contribution in [0.5, 0.6) is 0 Å². The number of Topliss-reactive ketones (excluding diaryl/α,β-unsaturated/α-hetero) is 1. The maximum absolute atomic E-state index is 11.0. The molecular formula is C8H10N2O. The molecule has 0 aromatic carbocycles. The highest BCUT2D eigenvalue weighted by molar-refractivity contribution is 5.82. The van der Waals surface area contributed by atoms with Crippen molar-refractivity contribution >= 4 is 5.78 Å². The minimum atomic E-state index is 0.338. The lowest BCUT2D eigenvalue weighted by atomic mass is 9.97. The smallest absolute Gasteiger partial charge is 0.137 e. The van der Waals surface area contributed by atoms with Gasteiger partial charge in [0.25, 0.3) is 0 Å². The second-order valence-electron chi connectivity index (χ2n) is 2.99. The van der Waals surface area contributed by atoms with E-state index in [9.17, 15) is 4.79 Å². The zero-order chi connectivity index (χ0) is 7.84. The topological polar surface area (TPSA) is 34.9 Å². The van der Waals surface area contributed by atoms with Crippen molar-refractivity contribution in [3.8, 4) is 0 Å². The van der Waals surface area contributed by atoms with E-state index in [-0.39, 0.29) is 0 Å². The lowest BCUT2D eigenvalue weighted by molar-refractivity contribution is -0.118. The second-order valence-corrected chi connectivity index (χ2v) is 2.99. The summed E-state index contributed by atoms with van der Waals surface area (Å²) in [5.74, 6) is 0.338. The largest absolute Gasteiger partial charge is 0.299 e. The number of aromatic nitrogens is 2. The first-order valence-corrected chi connectivity index (χ1v) is 3.79. The van der Waals surface area contributed by atoms with Crippen LogP contribution < -0.4 is 0 Å². The van der Waals surface area contributed by atoms with Crippen molar-refractivity contribution < 1.29 is 4.79 Å². The van der Waals surface area contributed by atoms with Crippen molar-refractivity contribution in [1.82, 2.24) is 9.78 Å². The molecule has 0 saturated heterocycles. The van der Waals surface area contributed by atoms with Crippen molar-refractivity contribution in [3.05, 3.63) is 17.5 Å². The number of ketones is 1. The van der Waals surface area contributed by atoms with Crippen LogP contribution in [0, 0.1) is 0 Å². The van der Waals surface area contributed by atoms with E-state index in [1.165, 1.54) is 0 Å². The molecule has 0 atom stereocenters. The third-order valence-corrected chi connectivity index (χ3v) is 2.02. The van der Waals surface area contributed by atoms with Crippen LogP contribution in [0.15, 0.2) is 6.20 Å². The molecule has 0 aliphatic heterocycles. The van der Waals surface area contributed by atoms with Gasteiger partial charge in [0.2, 0.25) is 0 Å². The number of rotatable bonds is 0. The molecule has 1 aromatic heterocycles. The van der Waals surface area contributed by atoms with Gasteiger partial charge in [-0.15, -0.1) is 0 Å². The minimum absolute atomic E-state index is 0.338. The summed E-state index contributed by atoms with van der Waals surface area (Å²) in [4.78, 5) is 11.0. The van der Waals surface area contributed by atoms with Crippen molar-refractivity contribution in [2.24, 2.45) is 7.05 Å². The number of carbonyl (C=O) groups is 1. The molecule has 0 saturated carbocycles. The van der Waals surface area contributed by atoms with E-state index in [1.807, 2.05) is 13.2 Å². The maximum atomic E-state index is 11.0. The fraction of sp³-hybridized carbons (Fsp3) is 0.500. The third-order valence-electron chi connectivity index (χ3n) is 2.02. The summed E-state index contributed by atoms with van der Waals surface area (Å²) in [6, 6.07) is 0. The van der Waals surface area contributed by atoms with Gasteiger partial charge in [0.15, 0.2) is 0 Å². The monoisotopic (exact) mass is 150 g/mol. The summed E-state index contributed by atoms with van der Waals surface area (Å²) in [7, 11) is 1.89. The zero-order valence-electron chi connectivity index (χ0n) is 6.50. The normalized spacial score (nSPS) is 16.6. The van der Waals surface area contributed by atoms with Crippen LogP contribution in [0.1, 0.15) is 17.7 Å². The Morgan fingerprint density at radius 2 is 2.36 bits per heavy atom. The molecule has 0 bridgehead atoms. The molecule has 11 heavy (non-hydrogen) atoms. The van der Waals surface area contributed by atoms with Crippen LogP contribution >= 0.6 is 0 Å². The second kappa shape index (κ2) is 2.19. The summed E-state index contributed by atoms with van der Waals surface area (Å²) in [5.41, 5.74) is 2.22. The molecule has 3 nitrogen and oxygen atoms in total. The van der Waals surface area contributed by atoms with Crippen LogP contribution in [0.3, 0.4) is 0 Å². The predicted molar refractivity (Wildman–Crippen MR) is 40.2 cm³/mol. The number of nitrogens with zero attached hydrogens (tertiary/aromatic N) is 2. The summed E-state index contributed by atoms with van der Waals surface area (Å²) >= 11 is 0. The molecule has 1 aromatic rings. The Morgan fingerprint density at radius 1 is 1.55 bits per heavy atom. The van der Waals surface area contributed by atoms with Gasteiger partial charge in [-0.2, -0.15) is 5.10 Å². The summed E-state index contributed by atoms with van der Waals surface area (Å²) in [6.45, 7) is 0. The Labute approximate surface area is 65.0 Å². The average Bonchev–Trinajstić information content (AvgIpc) is 2.27. The van der Waals surface area contributed by atoms with Gasteiger partial charge in [-0.25, -0.2) is 0 Å². The van der Waals surface area contributed by atoms with Crippen LogP contribution in [0.25, 0.3) is 0 Å². The van der Waals surface area contributed by atoms with E-state index < -0.39 is 0 Å². The maximum Gasteiger partial charge on any atom is 0.137 e. The molecule has 1 heterocycles. The Morgan fingerprint density at radius 3 is 3.18 bits per heavy atom. The fourth-order valence-corrected chi connectivity index (χ4v) is 1.50. The number of hydrogen-bond acceptors (Lipinski definition) is 2. The molecule has 1 aliphatic carbocycles. The van der Waals surface area contributed by atoms with Crippen molar-refractivity contribution in [3.63, 3.8) is 0 Å². The van der Waals surface area contributed by atoms with Gasteiger partial charge in [0.1, 0.15) is 5.78 Å². The summed E-state index contributed by atoms with van der Waals surface area (Å²) in [5, 5.41) is 4.25. The number of carbonyl (C=O) groups excluding carboxylic acids is 1. The molecule has 0 spiro atoms. The number of fused-ring (bicyclic) bond motifs is 1. The lowest BCUT2D eigenvalue weighted by Gasteiger charge is -2.06. The minimum Gasteiger partial charge on any atom is -0.299 e. The first-order chi connectivity index (χ1) is 5.25. The van der Waals surface area contributed by atoms with Gasteiger partial charge < -0.3 is 0 Å². The highest BCUT2D eigenvalue weighted by atomic mass is 16.1. The quantitative estimate of drug-likeness (QED) is 0.539. The Hall–Kier alpha value is -1.12. The van der Waals surface area contributed by atoms with E-state index in [0.717, 1.165) is 17.7 Å². The zero-order valence-corrected chi connectivity index (χ0v) is 6.50. The van der Waals surface area contributed by atoms with Gasteiger partial charge >= 0.3 is 0 Å². The van der Waals surface area contributed by atoms with Gasteiger partial charge in [0, 0.05) is 31.6 Å². The first kappa shape index (κ1) is 6.58. The van der Waals surface area contributed by atoms with Crippen molar-refractivity contribution in [2.75, 3.05) is 0 Å². The van der Waals surface area contributed by atoms with Gasteiger partial charge in [-0.1, -0.05) is 0 Å². The molecule has 0 amide bonds. The molecule has 0 radical (unpaired) electrons. The molecule has 0 unspecified atom stereocenters. The third kappa shape index (κ3) is 1.06. The summed E-state index contributed by atoms with van der Waals surface area (Å²) < 4.78 is 1.78. The number of aryl methyl sites for hydroxylation is 2. The highest BCUT2D eigenvalue weighted by Gasteiger charge is 2.17. The van der Waals surface area contributed by atoms with E-state index in [1.54, 1.807) is 4.68 Å². The van der Waals surface area contributed by atoms with Gasteiger partial charge in [-0.05, 0) is 6.42 Å². The summed E-state index contributed by atoms with van der Waals surface area (Å²) in [6.07, 6.45) is 4.02. The van der Waals surface area contributed by atoms with Gasteiger partial charge in [-0.3, -0.25) is 9.48 Å². The van der Waals surface area contributed by atoms with Crippen LogP contribution in [-0.2, 0) is 24.7 Å². The van der Waals surface area contributed by atoms with Crippen LogP contribution in [0.4, 0.5) is 0 Å². The first-order valence-electron chi connectivity index (χ1n) is 3.79.